The highest BCUT2D eigenvalue weighted by molar-refractivity contribution is 7.15. The van der Waals surface area contributed by atoms with Gasteiger partial charge in [0, 0.05) is 24.8 Å². The van der Waals surface area contributed by atoms with Crippen molar-refractivity contribution in [2.24, 2.45) is 0 Å². The molecule has 1 atom stereocenters. The number of anilines is 2. The monoisotopic (exact) mass is 313 g/mol. The third-order valence-corrected chi connectivity index (χ3v) is 4.48. The molecule has 3 nitrogen and oxygen atoms in total. The molecular formula is C14H14F3N3S. The lowest BCUT2D eigenvalue weighted by Crippen LogP contribution is -2.25. The van der Waals surface area contributed by atoms with Crippen LogP contribution in [0.15, 0.2) is 36.5 Å². The van der Waals surface area contributed by atoms with Crippen molar-refractivity contribution in [2.75, 3.05) is 23.3 Å². The largest absolute Gasteiger partial charge is 0.427 e. The standard InChI is InChI=1S/C14H14F3N3S/c15-14(16,17)12-8-18-13(21-12)20-7-6-11(9-20)19-10-4-2-1-3-5-10/h1-5,8,11,19H,6-7,9H2. The summed E-state index contributed by atoms with van der Waals surface area (Å²) in [4.78, 5) is 5.16. The Labute approximate surface area is 124 Å². The topological polar surface area (TPSA) is 28.2 Å². The van der Waals surface area contributed by atoms with Crippen LogP contribution in [-0.2, 0) is 6.18 Å². The number of nitrogens with one attached hydrogen (secondary N) is 1. The van der Waals surface area contributed by atoms with E-state index in [1.165, 1.54) is 0 Å². The van der Waals surface area contributed by atoms with E-state index in [9.17, 15) is 13.2 Å². The molecule has 1 unspecified atom stereocenters. The van der Waals surface area contributed by atoms with Gasteiger partial charge in [-0.15, -0.1) is 0 Å². The van der Waals surface area contributed by atoms with Crippen LogP contribution in [0.25, 0.3) is 0 Å². The van der Waals surface area contributed by atoms with Crippen LogP contribution >= 0.6 is 11.3 Å². The number of nitrogens with zero attached hydrogens (tertiary/aromatic N) is 2. The number of hydrogen-bond acceptors (Lipinski definition) is 4. The molecule has 1 fully saturated rings. The molecule has 1 aromatic heterocycles. The van der Waals surface area contributed by atoms with Gasteiger partial charge < -0.3 is 10.2 Å². The first-order valence-electron chi connectivity index (χ1n) is 6.62. The van der Waals surface area contributed by atoms with Crippen molar-refractivity contribution < 1.29 is 13.2 Å². The summed E-state index contributed by atoms with van der Waals surface area (Å²) >= 11 is 0.707. The average Bonchev–Trinajstić information content (AvgIpc) is 3.07. The number of alkyl halides is 3. The third-order valence-electron chi connectivity index (χ3n) is 3.38. The molecule has 1 aromatic carbocycles. The lowest BCUT2D eigenvalue weighted by molar-refractivity contribution is -0.134. The van der Waals surface area contributed by atoms with Gasteiger partial charge in [0.1, 0.15) is 4.88 Å². The van der Waals surface area contributed by atoms with Crippen molar-refractivity contribution in [3.8, 4) is 0 Å². The van der Waals surface area contributed by atoms with Gasteiger partial charge in [-0.2, -0.15) is 13.2 Å². The zero-order valence-corrected chi connectivity index (χ0v) is 11.9. The molecule has 2 heterocycles. The van der Waals surface area contributed by atoms with Crippen LogP contribution in [0.4, 0.5) is 24.0 Å². The average molecular weight is 313 g/mol. The van der Waals surface area contributed by atoms with E-state index in [2.05, 4.69) is 10.3 Å². The number of hydrogen-bond donors (Lipinski definition) is 1. The van der Waals surface area contributed by atoms with Gasteiger partial charge in [0.15, 0.2) is 5.13 Å². The molecule has 0 radical (unpaired) electrons. The third kappa shape index (κ3) is 3.29. The van der Waals surface area contributed by atoms with Crippen molar-refractivity contribution in [2.45, 2.75) is 18.6 Å². The Kier molecular flexibility index (Phi) is 3.75. The number of para-hydroxylation sites is 1. The fourth-order valence-electron chi connectivity index (χ4n) is 2.36. The van der Waals surface area contributed by atoms with E-state index in [0.29, 0.717) is 23.0 Å². The lowest BCUT2D eigenvalue weighted by atomic mass is 10.2. The van der Waals surface area contributed by atoms with Gasteiger partial charge in [-0.1, -0.05) is 29.5 Å². The molecule has 1 N–H and O–H groups in total. The fraction of sp³-hybridized carbons (Fsp3) is 0.357. The van der Waals surface area contributed by atoms with E-state index in [1.807, 2.05) is 35.2 Å². The molecule has 0 aliphatic carbocycles. The van der Waals surface area contributed by atoms with E-state index in [4.69, 9.17) is 0 Å². The maximum absolute atomic E-state index is 12.6. The molecule has 0 spiro atoms. The Morgan fingerprint density at radius 3 is 2.67 bits per heavy atom. The first-order chi connectivity index (χ1) is 10.0. The van der Waals surface area contributed by atoms with Crippen molar-refractivity contribution in [1.82, 2.24) is 4.98 Å². The highest BCUT2D eigenvalue weighted by Crippen LogP contribution is 2.37. The summed E-state index contributed by atoms with van der Waals surface area (Å²) in [5.74, 6) is 0. The van der Waals surface area contributed by atoms with E-state index < -0.39 is 11.1 Å². The molecule has 112 valence electrons. The SMILES string of the molecule is FC(F)(F)c1cnc(N2CCC(Nc3ccccc3)C2)s1. The van der Waals surface area contributed by atoms with Crippen molar-refractivity contribution >= 4 is 22.2 Å². The minimum Gasteiger partial charge on any atom is -0.380 e. The molecule has 0 bridgehead atoms. The summed E-state index contributed by atoms with van der Waals surface area (Å²) < 4.78 is 37.8. The van der Waals surface area contributed by atoms with Crippen LogP contribution in [-0.4, -0.2) is 24.1 Å². The van der Waals surface area contributed by atoms with E-state index in [0.717, 1.165) is 24.8 Å². The minimum atomic E-state index is -4.31. The highest BCUT2D eigenvalue weighted by atomic mass is 32.1. The van der Waals surface area contributed by atoms with Crippen LogP contribution in [0.5, 0.6) is 0 Å². The Balaban J connectivity index is 1.63. The van der Waals surface area contributed by atoms with Crippen LogP contribution in [0.3, 0.4) is 0 Å². The van der Waals surface area contributed by atoms with Gasteiger partial charge in [-0.05, 0) is 18.6 Å². The Morgan fingerprint density at radius 2 is 2.00 bits per heavy atom. The van der Waals surface area contributed by atoms with Gasteiger partial charge in [-0.3, -0.25) is 0 Å². The normalized spacial score (nSPS) is 19.0. The van der Waals surface area contributed by atoms with E-state index in [-0.39, 0.29) is 6.04 Å². The van der Waals surface area contributed by atoms with Crippen LogP contribution in [0, 0.1) is 0 Å². The first kappa shape index (κ1) is 14.2. The summed E-state index contributed by atoms with van der Waals surface area (Å²) in [6.45, 7) is 1.38. The minimum absolute atomic E-state index is 0.227. The smallest absolute Gasteiger partial charge is 0.380 e. The molecule has 2 aromatic rings. The summed E-state index contributed by atoms with van der Waals surface area (Å²) in [7, 11) is 0. The van der Waals surface area contributed by atoms with Crippen molar-refractivity contribution in [3.63, 3.8) is 0 Å². The fourth-order valence-corrected chi connectivity index (χ4v) is 3.18. The first-order valence-corrected chi connectivity index (χ1v) is 7.43. The summed E-state index contributed by atoms with van der Waals surface area (Å²) in [5, 5.41) is 3.83. The number of thiazole rings is 1. The van der Waals surface area contributed by atoms with Crippen molar-refractivity contribution in [1.29, 1.82) is 0 Å². The van der Waals surface area contributed by atoms with Gasteiger partial charge in [-0.25, -0.2) is 4.98 Å². The molecule has 1 aliphatic rings. The zero-order chi connectivity index (χ0) is 14.9. The summed E-state index contributed by atoms with van der Waals surface area (Å²) in [6.07, 6.45) is -2.51. The summed E-state index contributed by atoms with van der Waals surface area (Å²) in [6, 6.07) is 10.0. The van der Waals surface area contributed by atoms with Gasteiger partial charge in [0.05, 0.1) is 6.20 Å². The maximum Gasteiger partial charge on any atom is 0.427 e. The molecule has 0 saturated carbocycles. The second-order valence-electron chi connectivity index (χ2n) is 4.95. The number of benzene rings is 1. The molecular weight excluding hydrogens is 299 g/mol. The predicted octanol–water partition coefficient (Wildman–Crippen LogP) is 3.85. The molecule has 3 rings (SSSR count). The zero-order valence-electron chi connectivity index (χ0n) is 11.1. The molecule has 1 saturated heterocycles. The number of rotatable bonds is 3. The van der Waals surface area contributed by atoms with Crippen LogP contribution in [0.2, 0.25) is 0 Å². The second-order valence-corrected chi connectivity index (χ2v) is 5.96. The quantitative estimate of drug-likeness (QED) is 0.933. The van der Waals surface area contributed by atoms with Crippen LogP contribution < -0.4 is 10.2 Å². The maximum atomic E-state index is 12.6. The Hall–Kier alpha value is -1.76. The highest BCUT2D eigenvalue weighted by Gasteiger charge is 2.34. The van der Waals surface area contributed by atoms with Gasteiger partial charge >= 0.3 is 6.18 Å². The number of aromatic nitrogens is 1. The number of halogens is 3. The van der Waals surface area contributed by atoms with Crippen molar-refractivity contribution in [3.05, 3.63) is 41.4 Å². The van der Waals surface area contributed by atoms with Gasteiger partial charge in [0.2, 0.25) is 0 Å². The molecule has 7 heteroatoms. The second kappa shape index (κ2) is 5.55. The molecule has 1 aliphatic heterocycles. The molecule has 21 heavy (non-hydrogen) atoms. The summed E-state index contributed by atoms with van der Waals surface area (Å²) in [5.41, 5.74) is 1.03. The predicted molar refractivity (Wildman–Crippen MR) is 77.8 cm³/mol. The van der Waals surface area contributed by atoms with E-state index >= 15 is 0 Å². The Bertz CT molecular complexity index is 597. The molecule has 0 amide bonds. The lowest BCUT2D eigenvalue weighted by Gasteiger charge is -2.16. The van der Waals surface area contributed by atoms with Crippen LogP contribution in [0.1, 0.15) is 11.3 Å². The van der Waals surface area contributed by atoms with E-state index in [1.54, 1.807) is 0 Å². The Morgan fingerprint density at radius 1 is 1.24 bits per heavy atom. The van der Waals surface area contributed by atoms with Gasteiger partial charge in [0.25, 0.3) is 0 Å².